The lowest BCUT2D eigenvalue weighted by atomic mass is 10.2. The van der Waals surface area contributed by atoms with Gasteiger partial charge in [-0.1, -0.05) is 6.92 Å². The first-order valence-electron chi connectivity index (χ1n) is 6.77. The molecule has 0 amide bonds. The Kier molecular flexibility index (Phi) is 4.37. The van der Waals surface area contributed by atoms with Crippen LogP contribution < -0.4 is 4.90 Å². The molecule has 0 spiro atoms. The van der Waals surface area contributed by atoms with Crippen LogP contribution >= 0.6 is 0 Å². The lowest BCUT2D eigenvalue weighted by Crippen LogP contribution is -2.39. The molecule has 0 aliphatic carbocycles. The highest BCUT2D eigenvalue weighted by Crippen LogP contribution is 2.22. The van der Waals surface area contributed by atoms with Gasteiger partial charge in [-0.2, -0.15) is 0 Å². The zero-order valence-corrected chi connectivity index (χ0v) is 11.5. The average Bonchev–Trinajstić information content (AvgIpc) is 2.85. The van der Waals surface area contributed by atoms with E-state index in [4.69, 9.17) is 0 Å². The van der Waals surface area contributed by atoms with Gasteiger partial charge in [0.05, 0.1) is 5.69 Å². The molecule has 0 saturated carbocycles. The number of aromatic nitrogens is 1. The fourth-order valence-electron chi connectivity index (χ4n) is 2.80. The average molecular weight is 263 g/mol. The van der Waals surface area contributed by atoms with Gasteiger partial charge in [0.25, 0.3) is 0 Å². The summed E-state index contributed by atoms with van der Waals surface area (Å²) in [5.74, 6) is -0.971. The van der Waals surface area contributed by atoms with E-state index in [0.717, 1.165) is 19.6 Å². The number of hydrogen-bond donors (Lipinski definition) is 1. The van der Waals surface area contributed by atoms with Crippen LogP contribution in [0.15, 0.2) is 18.3 Å². The molecule has 0 radical (unpaired) electrons. The minimum atomic E-state index is -0.971. The number of anilines is 1. The first-order chi connectivity index (χ1) is 9.13. The number of hydrogen-bond acceptors (Lipinski definition) is 4. The molecule has 0 aromatic carbocycles. The molecule has 1 fully saturated rings. The lowest BCUT2D eigenvalue weighted by Gasteiger charge is -2.29. The van der Waals surface area contributed by atoms with Gasteiger partial charge in [-0.25, -0.2) is 9.78 Å². The van der Waals surface area contributed by atoms with Gasteiger partial charge in [-0.3, -0.25) is 4.90 Å². The van der Waals surface area contributed by atoms with E-state index in [2.05, 4.69) is 16.8 Å². The Bertz CT molecular complexity index is 450. The standard InChI is InChI=1S/C14H21N3O2/c1-3-17-9-5-6-11(17)10-16(2)12-7-4-8-15-13(12)14(18)19/h4,7-8,11H,3,5-6,9-10H2,1-2H3,(H,18,19). The summed E-state index contributed by atoms with van der Waals surface area (Å²) in [5.41, 5.74) is 0.823. The zero-order chi connectivity index (χ0) is 13.8. The maximum atomic E-state index is 11.2. The summed E-state index contributed by atoms with van der Waals surface area (Å²) < 4.78 is 0. The summed E-state index contributed by atoms with van der Waals surface area (Å²) in [4.78, 5) is 19.6. The summed E-state index contributed by atoms with van der Waals surface area (Å²) in [6, 6.07) is 4.11. The second kappa shape index (κ2) is 6.02. The van der Waals surface area contributed by atoms with Gasteiger partial charge in [-0.05, 0) is 38.1 Å². The third-order valence-corrected chi connectivity index (χ3v) is 3.79. The van der Waals surface area contributed by atoms with Crippen molar-refractivity contribution >= 4 is 11.7 Å². The van der Waals surface area contributed by atoms with Crippen LogP contribution in [-0.4, -0.2) is 53.7 Å². The maximum absolute atomic E-state index is 11.2. The van der Waals surface area contributed by atoms with Crippen LogP contribution in [0.1, 0.15) is 30.3 Å². The molecule has 5 nitrogen and oxygen atoms in total. The van der Waals surface area contributed by atoms with Crippen molar-refractivity contribution in [2.75, 3.05) is 31.6 Å². The van der Waals surface area contributed by atoms with Crippen molar-refractivity contribution in [1.82, 2.24) is 9.88 Å². The van der Waals surface area contributed by atoms with Crippen LogP contribution in [0.25, 0.3) is 0 Å². The smallest absolute Gasteiger partial charge is 0.356 e. The lowest BCUT2D eigenvalue weighted by molar-refractivity contribution is 0.0691. The summed E-state index contributed by atoms with van der Waals surface area (Å²) in [6.45, 7) is 5.22. The summed E-state index contributed by atoms with van der Waals surface area (Å²) in [5, 5.41) is 9.17. The third kappa shape index (κ3) is 3.04. The van der Waals surface area contributed by atoms with Gasteiger partial charge in [0, 0.05) is 25.8 Å². The third-order valence-electron chi connectivity index (χ3n) is 3.79. The van der Waals surface area contributed by atoms with Crippen LogP contribution in [-0.2, 0) is 0 Å². The minimum absolute atomic E-state index is 0.131. The van der Waals surface area contributed by atoms with Crippen molar-refractivity contribution in [2.24, 2.45) is 0 Å². The number of aromatic carboxylic acids is 1. The Labute approximate surface area is 113 Å². The fourth-order valence-corrected chi connectivity index (χ4v) is 2.80. The molecule has 1 unspecified atom stereocenters. The van der Waals surface area contributed by atoms with Crippen molar-refractivity contribution in [3.63, 3.8) is 0 Å². The highest BCUT2D eigenvalue weighted by Gasteiger charge is 2.25. The van der Waals surface area contributed by atoms with Crippen LogP contribution in [0, 0.1) is 0 Å². The Morgan fingerprint density at radius 3 is 3.11 bits per heavy atom. The number of carboxylic acids is 1. The Hall–Kier alpha value is -1.62. The predicted octanol–water partition coefficient (Wildman–Crippen LogP) is 1.70. The van der Waals surface area contributed by atoms with Crippen molar-refractivity contribution in [3.8, 4) is 0 Å². The topological polar surface area (TPSA) is 56.7 Å². The van der Waals surface area contributed by atoms with E-state index in [1.54, 1.807) is 6.07 Å². The normalized spacial score (nSPS) is 19.6. The Morgan fingerprint density at radius 1 is 1.63 bits per heavy atom. The molecular weight excluding hydrogens is 242 g/mol. The molecule has 1 N–H and O–H groups in total. The van der Waals surface area contributed by atoms with E-state index in [1.165, 1.54) is 19.0 Å². The van der Waals surface area contributed by atoms with E-state index in [1.807, 2.05) is 18.0 Å². The quantitative estimate of drug-likeness (QED) is 0.876. The van der Waals surface area contributed by atoms with Crippen molar-refractivity contribution in [2.45, 2.75) is 25.8 Å². The molecule has 1 aliphatic rings. The van der Waals surface area contributed by atoms with Gasteiger partial charge in [-0.15, -0.1) is 0 Å². The van der Waals surface area contributed by atoms with Gasteiger partial charge >= 0.3 is 5.97 Å². The number of carboxylic acid groups (broad SMARTS) is 1. The van der Waals surface area contributed by atoms with Crippen molar-refractivity contribution in [1.29, 1.82) is 0 Å². The van der Waals surface area contributed by atoms with Crippen molar-refractivity contribution < 1.29 is 9.90 Å². The summed E-state index contributed by atoms with van der Waals surface area (Å²) in [6.07, 6.45) is 3.93. The molecule has 19 heavy (non-hydrogen) atoms. The summed E-state index contributed by atoms with van der Waals surface area (Å²) in [7, 11) is 1.94. The van der Waals surface area contributed by atoms with E-state index in [9.17, 15) is 9.90 Å². The van der Waals surface area contributed by atoms with Crippen molar-refractivity contribution in [3.05, 3.63) is 24.0 Å². The van der Waals surface area contributed by atoms with Crippen LogP contribution in [0.5, 0.6) is 0 Å². The number of pyridine rings is 1. The molecule has 1 atom stereocenters. The number of likely N-dealkylation sites (N-methyl/N-ethyl adjacent to an activating group) is 2. The molecular formula is C14H21N3O2. The van der Waals surface area contributed by atoms with Crippen LogP contribution in [0.3, 0.4) is 0 Å². The molecule has 1 saturated heterocycles. The molecule has 1 aromatic rings. The number of carbonyl (C=O) groups is 1. The van der Waals surface area contributed by atoms with Crippen LogP contribution in [0.4, 0.5) is 5.69 Å². The Morgan fingerprint density at radius 2 is 2.42 bits per heavy atom. The van der Waals surface area contributed by atoms with E-state index in [-0.39, 0.29) is 5.69 Å². The second-order valence-electron chi connectivity index (χ2n) is 4.98. The van der Waals surface area contributed by atoms with E-state index < -0.39 is 5.97 Å². The highest BCUT2D eigenvalue weighted by molar-refractivity contribution is 5.92. The maximum Gasteiger partial charge on any atom is 0.356 e. The number of nitrogens with zero attached hydrogens (tertiary/aromatic N) is 3. The molecule has 2 heterocycles. The molecule has 104 valence electrons. The summed E-state index contributed by atoms with van der Waals surface area (Å²) >= 11 is 0. The zero-order valence-electron chi connectivity index (χ0n) is 11.5. The second-order valence-corrected chi connectivity index (χ2v) is 4.98. The molecule has 5 heteroatoms. The van der Waals surface area contributed by atoms with Crippen LogP contribution in [0.2, 0.25) is 0 Å². The number of rotatable bonds is 5. The molecule has 2 rings (SSSR count). The Balaban J connectivity index is 2.11. The largest absolute Gasteiger partial charge is 0.476 e. The number of likely N-dealkylation sites (tertiary alicyclic amines) is 1. The first-order valence-corrected chi connectivity index (χ1v) is 6.77. The SMILES string of the molecule is CCN1CCCC1CN(C)c1cccnc1C(=O)O. The van der Waals surface area contributed by atoms with Gasteiger partial charge < -0.3 is 10.0 Å². The van der Waals surface area contributed by atoms with Gasteiger partial charge in [0.15, 0.2) is 5.69 Å². The first kappa shape index (κ1) is 13.8. The monoisotopic (exact) mass is 263 g/mol. The molecule has 0 bridgehead atoms. The van der Waals surface area contributed by atoms with Gasteiger partial charge in [0.2, 0.25) is 0 Å². The van der Waals surface area contributed by atoms with Gasteiger partial charge in [0.1, 0.15) is 0 Å². The molecule has 1 aliphatic heterocycles. The predicted molar refractivity (Wildman–Crippen MR) is 74.7 cm³/mol. The van der Waals surface area contributed by atoms with E-state index in [0.29, 0.717) is 11.7 Å². The molecule has 1 aromatic heterocycles. The fraction of sp³-hybridized carbons (Fsp3) is 0.571. The van der Waals surface area contributed by atoms with E-state index >= 15 is 0 Å². The highest BCUT2D eigenvalue weighted by atomic mass is 16.4. The minimum Gasteiger partial charge on any atom is -0.476 e.